The molecule has 102 valence electrons. The Morgan fingerprint density at radius 1 is 1.37 bits per heavy atom. The van der Waals surface area contributed by atoms with Crippen molar-refractivity contribution in [2.45, 2.75) is 12.5 Å². The fourth-order valence-corrected chi connectivity index (χ4v) is 2.27. The van der Waals surface area contributed by atoms with Crippen LogP contribution in [-0.2, 0) is 16.0 Å². The van der Waals surface area contributed by atoms with Crippen molar-refractivity contribution < 1.29 is 14.7 Å². The fraction of sp³-hybridized carbons (Fsp3) is 0.429. The number of aliphatic carboxylic acids is 1. The van der Waals surface area contributed by atoms with E-state index in [2.05, 4.69) is 0 Å². The zero-order valence-corrected chi connectivity index (χ0v) is 11.0. The summed E-state index contributed by atoms with van der Waals surface area (Å²) in [5, 5.41) is 9.23. The Labute approximate surface area is 112 Å². The lowest BCUT2D eigenvalue weighted by atomic mass is 10.1. The number of likely N-dealkylation sites (N-methyl/N-ethyl adjacent to an activating group) is 1. The van der Waals surface area contributed by atoms with Gasteiger partial charge in [-0.2, -0.15) is 0 Å². The van der Waals surface area contributed by atoms with Crippen LogP contribution in [0.25, 0.3) is 0 Å². The largest absolute Gasteiger partial charge is 0.480 e. The Morgan fingerprint density at radius 3 is 2.68 bits per heavy atom. The van der Waals surface area contributed by atoms with Crippen molar-refractivity contribution in [2.75, 3.05) is 26.7 Å². The van der Waals surface area contributed by atoms with Gasteiger partial charge in [0.05, 0.1) is 6.54 Å². The van der Waals surface area contributed by atoms with Crippen molar-refractivity contribution >= 4 is 11.9 Å². The van der Waals surface area contributed by atoms with E-state index in [-0.39, 0.29) is 19.0 Å². The molecule has 5 heteroatoms. The predicted molar refractivity (Wildman–Crippen MR) is 70.8 cm³/mol. The third-order valence-electron chi connectivity index (χ3n) is 3.47. The molecule has 0 saturated carbocycles. The molecule has 1 fully saturated rings. The average molecular weight is 262 g/mol. The van der Waals surface area contributed by atoms with E-state index < -0.39 is 12.0 Å². The summed E-state index contributed by atoms with van der Waals surface area (Å²) < 4.78 is 0. The van der Waals surface area contributed by atoms with Crippen LogP contribution in [0.15, 0.2) is 30.3 Å². The highest BCUT2D eigenvalue weighted by Gasteiger charge is 2.34. The number of amides is 1. The average Bonchev–Trinajstić information content (AvgIpc) is 2.40. The van der Waals surface area contributed by atoms with Gasteiger partial charge in [0.2, 0.25) is 5.91 Å². The monoisotopic (exact) mass is 262 g/mol. The predicted octanol–water partition coefficient (Wildman–Crippen LogP) is 0.456. The smallest absolute Gasteiger partial charge is 0.322 e. The summed E-state index contributed by atoms with van der Waals surface area (Å²) in [6.45, 7) is 1.02. The summed E-state index contributed by atoms with van der Waals surface area (Å²) in [5.74, 6) is -0.891. The lowest BCUT2D eigenvalue weighted by Crippen LogP contribution is -2.58. The van der Waals surface area contributed by atoms with Crippen molar-refractivity contribution in [3.8, 4) is 0 Å². The number of carboxylic acids is 1. The molecule has 1 saturated heterocycles. The van der Waals surface area contributed by atoms with E-state index in [1.807, 2.05) is 30.3 Å². The van der Waals surface area contributed by atoms with E-state index >= 15 is 0 Å². The third kappa shape index (κ3) is 3.32. The van der Waals surface area contributed by atoms with Crippen molar-refractivity contribution in [2.24, 2.45) is 0 Å². The first kappa shape index (κ1) is 13.5. The Balaban J connectivity index is 2.00. The van der Waals surface area contributed by atoms with E-state index in [9.17, 15) is 14.7 Å². The van der Waals surface area contributed by atoms with Crippen LogP contribution < -0.4 is 0 Å². The Bertz CT molecular complexity index is 461. The lowest BCUT2D eigenvalue weighted by molar-refractivity contribution is -0.150. The number of rotatable bonds is 4. The summed E-state index contributed by atoms with van der Waals surface area (Å²) in [6, 6.07) is 9.27. The molecule has 1 amide bonds. The minimum atomic E-state index is -0.868. The molecule has 1 aromatic rings. The molecule has 1 N–H and O–H groups in total. The maximum absolute atomic E-state index is 11.7. The van der Waals surface area contributed by atoms with Gasteiger partial charge in [-0.1, -0.05) is 30.3 Å². The topological polar surface area (TPSA) is 60.9 Å². The van der Waals surface area contributed by atoms with Gasteiger partial charge in [-0.3, -0.25) is 14.5 Å². The first-order valence-corrected chi connectivity index (χ1v) is 6.32. The molecule has 1 atom stereocenters. The van der Waals surface area contributed by atoms with Crippen LogP contribution in [0.1, 0.15) is 5.56 Å². The van der Waals surface area contributed by atoms with Crippen LogP contribution in [-0.4, -0.2) is 59.5 Å². The summed E-state index contributed by atoms with van der Waals surface area (Å²) in [4.78, 5) is 26.2. The number of hydrogen-bond donors (Lipinski definition) is 1. The number of carbonyl (C=O) groups excluding carboxylic acids is 1. The second-order valence-corrected chi connectivity index (χ2v) is 4.83. The molecule has 1 unspecified atom stereocenters. The highest BCUT2D eigenvalue weighted by atomic mass is 16.4. The minimum absolute atomic E-state index is 0.0226. The van der Waals surface area contributed by atoms with Gasteiger partial charge in [0.25, 0.3) is 0 Å². The number of hydrogen-bond acceptors (Lipinski definition) is 3. The SMILES string of the molecule is CN1CC(C(=O)O)N(CCc2ccccc2)CC1=O. The van der Waals surface area contributed by atoms with Crippen LogP contribution in [0.5, 0.6) is 0 Å². The molecule has 19 heavy (non-hydrogen) atoms. The maximum atomic E-state index is 11.7. The van der Waals surface area contributed by atoms with Gasteiger partial charge in [0.15, 0.2) is 0 Å². The number of carboxylic acid groups (broad SMARTS) is 1. The molecule has 1 aliphatic heterocycles. The lowest BCUT2D eigenvalue weighted by Gasteiger charge is -2.37. The molecule has 1 aliphatic rings. The van der Waals surface area contributed by atoms with Crippen molar-refractivity contribution in [3.63, 3.8) is 0 Å². The zero-order chi connectivity index (χ0) is 13.8. The van der Waals surface area contributed by atoms with Gasteiger partial charge >= 0.3 is 5.97 Å². The van der Waals surface area contributed by atoms with Gasteiger partial charge in [-0.15, -0.1) is 0 Å². The molecular weight excluding hydrogens is 244 g/mol. The highest BCUT2D eigenvalue weighted by molar-refractivity contribution is 5.83. The zero-order valence-electron chi connectivity index (χ0n) is 11.0. The number of nitrogens with zero attached hydrogens (tertiary/aromatic N) is 2. The summed E-state index contributed by atoms with van der Waals surface area (Å²) in [5.41, 5.74) is 1.15. The third-order valence-corrected chi connectivity index (χ3v) is 3.47. The highest BCUT2D eigenvalue weighted by Crippen LogP contribution is 2.11. The molecule has 0 aromatic heterocycles. The molecule has 1 aromatic carbocycles. The standard InChI is InChI=1S/C14H18N2O3/c1-15-9-12(14(18)19)16(10-13(15)17)8-7-11-5-3-2-4-6-11/h2-6,12H,7-10H2,1H3,(H,18,19). The first-order valence-electron chi connectivity index (χ1n) is 6.32. The normalized spacial score (nSPS) is 20.6. The number of piperazine rings is 1. The molecule has 0 spiro atoms. The summed E-state index contributed by atoms with van der Waals surface area (Å²) in [7, 11) is 1.65. The van der Waals surface area contributed by atoms with Crippen LogP contribution in [0, 0.1) is 0 Å². The summed E-state index contributed by atoms with van der Waals surface area (Å²) >= 11 is 0. The second-order valence-electron chi connectivity index (χ2n) is 4.83. The maximum Gasteiger partial charge on any atom is 0.322 e. The van der Waals surface area contributed by atoms with E-state index in [4.69, 9.17) is 0 Å². The van der Waals surface area contributed by atoms with Gasteiger partial charge < -0.3 is 10.0 Å². The first-order chi connectivity index (χ1) is 9.08. The van der Waals surface area contributed by atoms with E-state index in [0.717, 1.165) is 12.0 Å². The van der Waals surface area contributed by atoms with Gasteiger partial charge in [-0.05, 0) is 12.0 Å². The Hall–Kier alpha value is -1.88. The van der Waals surface area contributed by atoms with Crippen LogP contribution >= 0.6 is 0 Å². The van der Waals surface area contributed by atoms with E-state index in [1.165, 1.54) is 4.90 Å². The van der Waals surface area contributed by atoms with Crippen LogP contribution in [0.3, 0.4) is 0 Å². The quantitative estimate of drug-likeness (QED) is 0.856. The van der Waals surface area contributed by atoms with Gasteiger partial charge in [-0.25, -0.2) is 0 Å². The summed E-state index contributed by atoms with van der Waals surface area (Å²) in [6.07, 6.45) is 0.752. The molecule has 1 heterocycles. The van der Waals surface area contributed by atoms with E-state index in [0.29, 0.717) is 6.54 Å². The minimum Gasteiger partial charge on any atom is -0.480 e. The van der Waals surface area contributed by atoms with E-state index in [1.54, 1.807) is 11.9 Å². The number of benzene rings is 1. The fourth-order valence-electron chi connectivity index (χ4n) is 2.27. The van der Waals surface area contributed by atoms with Gasteiger partial charge in [0, 0.05) is 20.1 Å². The van der Waals surface area contributed by atoms with Gasteiger partial charge in [0.1, 0.15) is 6.04 Å². The van der Waals surface area contributed by atoms with Crippen LogP contribution in [0.2, 0.25) is 0 Å². The molecule has 0 aliphatic carbocycles. The van der Waals surface area contributed by atoms with Crippen molar-refractivity contribution in [1.29, 1.82) is 0 Å². The molecule has 2 rings (SSSR count). The molecular formula is C14H18N2O3. The van der Waals surface area contributed by atoms with Crippen molar-refractivity contribution in [3.05, 3.63) is 35.9 Å². The molecule has 0 bridgehead atoms. The van der Waals surface area contributed by atoms with Crippen LogP contribution in [0.4, 0.5) is 0 Å². The molecule has 0 radical (unpaired) electrons. The Morgan fingerprint density at radius 2 is 2.05 bits per heavy atom. The Kier molecular flexibility index (Phi) is 4.16. The second kappa shape index (κ2) is 5.84. The molecule has 5 nitrogen and oxygen atoms in total. The van der Waals surface area contributed by atoms with Crippen molar-refractivity contribution in [1.82, 2.24) is 9.80 Å². The number of carbonyl (C=O) groups is 2.